The molecule has 0 radical (unpaired) electrons. The van der Waals surface area contributed by atoms with Gasteiger partial charge in [0.05, 0.1) is 12.7 Å². The number of carboxylic acids is 1. The molecule has 0 atom stereocenters. The Hall–Kier alpha value is -1.57. The Balaban J connectivity index is 4.41. The van der Waals surface area contributed by atoms with E-state index in [0.29, 0.717) is 12.8 Å². The number of carboxylic acid groups (broad SMARTS) is 1. The fraction of sp³-hybridized carbons (Fsp3) is 0.727. The van der Waals surface area contributed by atoms with Crippen LogP contribution in [-0.4, -0.2) is 23.7 Å². The van der Waals surface area contributed by atoms with E-state index >= 15 is 0 Å². The summed E-state index contributed by atoms with van der Waals surface area (Å²) >= 11 is 0. The van der Waals surface area contributed by atoms with Crippen molar-refractivity contribution < 1.29 is 19.4 Å². The summed E-state index contributed by atoms with van der Waals surface area (Å²) in [6.07, 6.45) is 1.14. The van der Waals surface area contributed by atoms with Crippen molar-refractivity contribution in [3.8, 4) is 6.07 Å². The van der Waals surface area contributed by atoms with Gasteiger partial charge in [0.1, 0.15) is 0 Å². The highest BCUT2D eigenvalue weighted by atomic mass is 16.5. The van der Waals surface area contributed by atoms with Crippen LogP contribution in [0.2, 0.25) is 0 Å². The van der Waals surface area contributed by atoms with Crippen LogP contribution < -0.4 is 0 Å². The van der Waals surface area contributed by atoms with Crippen molar-refractivity contribution >= 4 is 11.9 Å². The molecule has 0 saturated carbocycles. The lowest BCUT2D eigenvalue weighted by Crippen LogP contribution is -2.39. The van der Waals surface area contributed by atoms with Gasteiger partial charge in [-0.25, -0.2) is 0 Å². The molecule has 0 aliphatic carbocycles. The van der Waals surface area contributed by atoms with Crippen LogP contribution in [0.1, 0.15) is 39.5 Å². The molecule has 0 spiro atoms. The maximum absolute atomic E-state index is 11.6. The molecule has 0 aromatic rings. The average molecular weight is 227 g/mol. The largest absolute Gasteiger partial charge is 0.480 e. The summed E-state index contributed by atoms with van der Waals surface area (Å²) < 4.78 is 4.88. The van der Waals surface area contributed by atoms with Gasteiger partial charge in [0.2, 0.25) is 0 Å². The van der Waals surface area contributed by atoms with Crippen molar-refractivity contribution in [2.24, 2.45) is 5.41 Å². The van der Waals surface area contributed by atoms with Crippen LogP contribution in [0, 0.1) is 16.7 Å². The maximum atomic E-state index is 11.6. The summed E-state index contributed by atoms with van der Waals surface area (Å²) in [5.74, 6) is -1.86. The minimum atomic E-state index is -1.44. The summed E-state index contributed by atoms with van der Waals surface area (Å²) in [6, 6.07) is 1.92. The molecule has 0 aromatic heterocycles. The first-order valence-corrected chi connectivity index (χ1v) is 5.32. The van der Waals surface area contributed by atoms with E-state index in [-0.39, 0.29) is 19.4 Å². The number of carbonyl (C=O) groups is 2. The number of hydrogen-bond acceptors (Lipinski definition) is 4. The number of rotatable bonds is 7. The zero-order valence-electron chi connectivity index (χ0n) is 9.65. The third kappa shape index (κ3) is 3.23. The van der Waals surface area contributed by atoms with E-state index in [1.165, 1.54) is 0 Å². The lowest BCUT2D eigenvalue weighted by molar-refractivity contribution is -0.169. The number of aliphatic carboxylic acids is 1. The van der Waals surface area contributed by atoms with Crippen molar-refractivity contribution in [2.45, 2.75) is 39.5 Å². The van der Waals surface area contributed by atoms with Crippen LogP contribution in [0.4, 0.5) is 0 Å². The molecular weight excluding hydrogens is 210 g/mol. The predicted octanol–water partition coefficient (Wildman–Crippen LogP) is 1.72. The summed E-state index contributed by atoms with van der Waals surface area (Å²) in [5, 5.41) is 17.3. The highest BCUT2D eigenvalue weighted by molar-refractivity contribution is 5.99. The maximum Gasteiger partial charge on any atom is 0.323 e. The zero-order valence-corrected chi connectivity index (χ0v) is 9.65. The van der Waals surface area contributed by atoms with Gasteiger partial charge in [-0.1, -0.05) is 13.8 Å². The Morgan fingerprint density at radius 2 is 1.94 bits per heavy atom. The molecule has 90 valence electrons. The number of hydrogen-bond donors (Lipinski definition) is 1. The second-order valence-electron chi connectivity index (χ2n) is 3.49. The molecule has 16 heavy (non-hydrogen) atoms. The van der Waals surface area contributed by atoms with E-state index in [2.05, 4.69) is 0 Å². The van der Waals surface area contributed by atoms with E-state index in [1.807, 2.05) is 6.07 Å². The minimum absolute atomic E-state index is 0.0986. The minimum Gasteiger partial charge on any atom is -0.480 e. The van der Waals surface area contributed by atoms with Gasteiger partial charge in [-0.3, -0.25) is 9.59 Å². The number of carbonyl (C=O) groups excluding carboxylic acids is 1. The SMILES string of the molecule is CCC(CC)(C(=O)O)C(=O)OCCCC#N. The van der Waals surface area contributed by atoms with E-state index in [4.69, 9.17) is 15.1 Å². The van der Waals surface area contributed by atoms with Crippen LogP contribution >= 0.6 is 0 Å². The first-order chi connectivity index (χ1) is 7.55. The highest BCUT2D eigenvalue weighted by Gasteiger charge is 2.44. The van der Waals surface area contributed by atoms with Crippen molar-refractivity contribution in [3.05, 3.63) is 0 Å². The van der Waals surface area contributed by atoms with Crippen LogP contribution in [-0.2, 0) is 14.3 Å². The topological polar surface area (TPSA) is 87.4 Å². The lowest BCUT2D eigenvalue weighted by Gasteiger charge is -2.24. The normalized spacial score (nSPS) is 10.6. The fourth-order valence-electron chi connectivity index (χ4n) is 1.38. The van der Waals surface area contributed by atoms with Crippen molar-refractivity contribution in [2.75, 3.05) is 6.61 Å². The molecule has 0 aromatic carbocycles. The van der Waals surface area contributed by atoms with Gasteiger partial charge in [-0.15, -0.1) is 0 Å². The summed E-state index contributed by atoms with van der Waals surface area (Å²) in [6.45, 7) is 3.39. The average Bonchev–Trinajstić information content (AvgIpc) is 2.26. The number of nitrogens with zero attached hydrogens (tertiary/aromatic N) is 1. The predicted molar refractivity (Wildman–Crippen MR) is 56.5 cm³/mol. The molecule has 5 heteroatoms. The molecule has 0 fully saturated rings. The third-order valence-electron chi connectivity index (χ3n) is 2.67. The number of esters is 1. The third-order valence-corrected chi connectivity index (χ3v) is 2.67. The first-order valence-electron chi connectivity index (χ1n) is 5.32. The van der Waals surface area contributed by atoms with Gasteiger partial charge in [0.15, 0.2) is 5.41 Å². The molecule has 0 heterocycles. The summed E-state index contributed by atoms with van der Waals surface area (Å²) in [7, 11) is 0. The molecule has 5 nitrogen and oxygen atoms in total. The molecule has 0 unspecified atom stereocenters. The van der Waals surface area contributed by atoms with Crippen molar-refractivity contribution in [3.63, 3.8) is 0 Å². The number of ether oxygens (including phenoxy) is 1. The van der Waals surface area contributed by atoms with Crippen molar-refractivity contribution in [1.29, 1.82) is 5.26 Å². The van der Waals surface area contributed by atoms with Gasteiger partial charge in [0.25, 0.3) is 0 Å². The van der Waals surface area contributed by atoms with Gasteiger partial charge < -0.3 is 9.84 Å². The molecule has 0 aliphatic heterocycles. The highest BCUT2D eigenvalue weighted by Crippen LogP contribution is 2.28. The van der Waals surface area contributed by atoms with E-state index in [0.717, 1.165) is 0 Å². The fourth-order valence-corrected chi connectivity index (χ4v) is 1.38. The quantitative estimate of drug-likeness (QED) is 0.406. The summed E-state index contributed by atoms with van der Waals surface area (Å²) in [5.41, 5.74) is -1.44. The Labute approximate surface area is 95.0 Å². The second-order valence-corrected chi connectivity index (χ2v) is 3.49. The number of nitriles is 1. The van der Waals surface area contributed by atoms with Crippen LogP contribution in [0.5, 0.6) is 0 Å². The summed E-state index contributed by atoms with van der Waals surface area (Å²) in [4.78, 5) is 22.7. The van der Waals surface area contributed by atoms with Crippen LogP contribution in [0.15, 0.2) is 0 Å². The molecule has 0 bridgehead atoms. The molecule has 1 N–H and O–H groups in total. The molecule has 0 saturated heterocycles. The molecular formula is C11H17NO4. The van der Waals surface area contributed by atoms with Crippen LogP contribution in [0.3, 0.4) is 0 Å². The van der Waals surface area contributed by atoms with Gasteiger partial charge in [0, 0.05) is 6.42 Å². The zero-order chi connectivity index (χ0) is 12.6. The van der Waals surface area contributed by atoms with E-state index in [1.54, 1.807) is 13.8 Å². The molecule has 0 amide bonds. The van der Waals surface area contributed by atoms with Gasteiger partial charge in [-0.05, 0) is 19.3 Å². The van der Waals surface area contributed by atoms with Gasteiger partial charge >= 0.3 is 11.9 Å². The molecule has 0 aliphatic rings. The Morgan fingerprint density at radius 1 is 1.38 bits per heavy atom. The monoisotopic (exact) mass is 227 g/mol. The number of unbranched alkanes of at least 4 members (excludes halogenated alkanes) is 1. The Morgan fingerprint density at radius 3 is 2.31 bits per heavy atom. The smallest absolute Gasteiger partial charge is 0.323 e. The molecule has 0 rings (SSSR count). The first kappa shape index (κ1) is 14.4. The Kier molecular flexibility index (Phi) is 6.16. The van der Waals surface area contributed by atoms with Crippen LogP contribution in [0.25, 0.3) is 0 Å². The van der Waals surface area contributed by atoms with E-state index in [9.17, 15) is 9.59 Å². The Bertz CT molecular complexity index is 289. The van der Waals surface area contributed by atoms with Crippen molar-refractivity contribution in [1.82, 2.24) is 0 Å². The lowest BCUT2D eigenvalue weighted by atomic mass is 9.82. The van der Waals surface area contributed by atoms with Gasteiger partial charge in [-0.2, -0.15) is 5.26 Å². The van der Waals surface area contributed by atoms with E-state index < -0.39 is 17.4 Å². The standard InChI is InChI=1S/C11H17NO4/c1-3-11(4-2,9(13)14)10(15)16-8-6-5-7-12/h3-6,8H2,1-2H3,(H,13,14). The second kappa shape index (κ2) is 6.83.